The first-order valence-corrected chi connectivity index (χ1v) is 5.96. The van der Waals surface area contributed by atoms with Crippen LogP contribution in [0.5, 0.6) is 0 Å². The molecular formula is C13H14N2O2. The first-order valence-electron chi connectivity index (χ1n) is 5.96. The van der Waals surface area contributed by atoms with E-state index in [0.29, 0.717) is 6.54 Å². The number of nitrogens with zero attached hydrogens (tertiary/aromatic N) is 1. The molecular weight excluding hydrogens is 216 g/mol. The van der Waals surface area contributed by atoms with Crippen molar-refractivity contribution in [2.24, 2.45) is 0 Å². The molecule has 17 heavy (non-hydrogen) atoms. The minimum absolute atomic E-state index is 0.115. The Balaban J connectivity index is 2.09. The number of anilines is 1. The monoisotopic (exact) mass is 230 g/mol. The van der Waals surface area contributed by atoms with E-state index in [1.807, 2.05) is 24.3 Å². The Morgan fingerprint density at radius 3 is 2.94 bits per heavy atom. The van der Waals surface area contributed by atoms with Crippen molar-refractivity contribution < 1.29 is 9.59 Å². The Morgan fingerprint density at radius 1 is 1.24 bits per heavy atom. The lowest BCUT2D eigenvalue weighted by Crippen LogP contribution is -2.58. The summed E-state index contributed by atoms with van der Waals surface area (Å²) < 4.78 is 0. The summed E-state index contributed by atoms with van der Waals surface area (Å²) >= 11 is 0. The fraction of sp³-hybridized carbons (Fsp3) is 0.385. The lowest BCUT2D eigenvalue weighted by molar-refractivity contribution is -0.139. The van der Waals surface area contributed by atoms with Gasteiger partial charge in [0.2, 0.25) is 0 Å². The normalized spacial score (nSPS) is 23.5. The van der Waals surface area contributed by atoms with Crippen LogP contribution in [0.2, 0.25) is 0 Å². The second-order valence-corrected chi connectivity index (χ2v) is 4.56. The number of aryl methyl sites for hydroxylation is 1. The number of fused-ring (bicyclic) bond motifs is 3. The van der Waals surface area contributed by atoms with Gasteiger partial charge in [-0.25, -0.2) is 0 Å². The first kappa shape index (κ1) is 10.3. The molecule has 0 spiro atoms. The van der Waals surface area contributed by atoms with Gasteiger partial charge in [0, 0.05) is 12.2 Å². The molecule has 0 radical (unpaired) electrons. The molecule has 1 saturated heterocycles. The van der Waals surface area contributed by atoms with E-state index < -0.39 is 11.8 Å². The molecule has 0 bridgehead atoms. The molecule has 0 aliphatic carbocycles. The van der Waals surface area contributed by atoms with Crippen molar-refractivity contribution in [1.82, 2.24) is 5.32 Å². The van der Waals surface area contributed by atoms with E-state index >= 15 is 0 Å². The Morgan fingerprint density at radius 2 is 2.06 bits per heavy atom. The van der Waals surface area contributed by atoms with Crippen molar-refractivity contribution in [3.8, 4) is 0 Å². The van der Waals surface area contributed by atoms with E-state index in [1.165, 1.54) is 0 Å². The summed E-state index contributed by atoms with van der Waals surface area (Å²) in [6, 6.07) is 7.99. The van der Waals surface area contributed by atoms with Crippen LogP contribution in [0.25, 0.3) is 0 Å². The zero-order valence-electron chi connectivity index (χ0n) is 9.48. The quantitative estimate of drug-likeness (QED) is 0.672. The molecule has 1 aromatic rings. The predicted molar refractivity (Wildman–Crippen MR) is 63.7 cm³/mol. The lowest BCUT2D eigenvalue weighted by atomic mass is 10.1. The molecule has 1 N–H and O–H groups in total. The smallest absolute Gasteiger partial charge is 0.316 e. The molecule has 2 heterocycles. The van der Waals surface area contributed by atoms with Gasteiger partial charge in [-0.1, -0.05) is 18.2 Å². The molecule has 2 aliphatic heterocycles. The summed E-state index contributed by atoms with van der Waals surface area (Å²) in [6.45, 7) is 0.568. The summed E-state index contributed by atoms with van der Waals surface area (Å²) in [7, 11) is 0. The number of hydrogen-bond acceptors (Lipinski definition) is 2. The van der Waals surface area contributed by atoms with Crippen LogP contribution in [-0.2, 0) is 16.0 Å². The summed E-state index contributed by atoms with van der Waals surface area (Å²) in [4.78, 5) is 25.1. The molecule has 2 aliphatic rings. The van der Waals surface area contributed by atoms with Gasteiger partial charge in [-0.2, -0.15) is 0 Å². The maximum absolute atomic E-state index is 12.0. The van der Waals surface area contributed by atoms with E-state index in [-0.39, 0.29) is 6.04 Å². The summed E-state index contributed by atoms with van der Waals surface area (Å²) in [5, 5.41) is 2.66. The number of para-hydroxylation sites is 1. The minimum Gasteiger partial charge on any atom is -0.346 e. The first-order chi connectivity index (χ1) is 8.27. The molecule has 1 unspecified atom stereocenters. The topological polar surface area (TPSA) is 49.4 Å². The van der Waals surface area contributed by atoms with Crippen molar-refractivity contribution in [2.45, 2.75) is 25.3 Å². The second kappa shape index (κ2) is 3.87. The molecule has 4 nitrogen and oxygen atoms in total. The molecule has 3 rings (SSSR count). The number of piperazine rings is 1. The molecule has 1 atom stereocenters. The van der Waals surface area contributed by atoms with Gasteiger partial charge in [-0.3, -0.25) is 14.5 Å². The highest BCUT2D eigenvalue weighted by Crippen LogP contribution is 2.30. The van der Waals surface area contributed by atoms with Crippen molar-refractivity contribution >= 4 is 17.5 Å². The van der Waals surface area contributed by atoms with E-state index in [0.717, 1.165) is 30.5 Å². The van der Waals surface area contributed by atoms with Gasteiger partial charge in [0.25, 0.3) is 0 Å². The highest BCUT2D eigenvalue weighted by molar-refractivity contribution is 6.41. The van der Waals surface area contributed by atoms with Crippen molar-refractivity contribution in [3.05, 3.63) is 29.8 Å². The van der Waals surface area contributed by atoms with Crippen LogP contribution in [0, 0.1) is 0 Å². The van der Waals surface area contributed by atoms with Crippen molar-refractivity contribution in [3.63, 3.8) is 0 Å². The average molecular weight is 230 g/mol. The highest BCUT2D eigenvalue weighted by Gasteiger charge is 2.36. The van der Waals surface area contributed by atoms with Crippen LogP contribution in [0.3, 0.4) is 0 Å². The molecule has 88 valence electrons. The van der Waals surface area contributed by atoms with Crippen LogP contribution in [0.4, 0.5) is 5.69 Å². The summed E-state index contributed by atoms with van der Waals surface area (Å²) in [5.74, 6) is -0.909. The number of carbonyl (C=O) groups excluding carboxylic acids is 2. The van der Waals surface area contributed by atoms with Crippen LogP contribution in [0.15, 0.2) is 24.3 Å². The minimum atomic E-state index is -0.488. The van der Waals surface area contributed by atoms with Crippen LogP contribution in [-0.4, -0.2) is 24.4 Å². The molecule has 1 fully saturated rings. The molecule has 0 aromatic heterocycles. The van der Waals surface area contributed by atoms with E-state index in [9.17, 15) is 9.59 Å². The number of nitrogens with one attached hydrogen (secondary N) is 1. The van der Waals surface area contributed by atoms with E-state index in [4.69, 9.17) is 0 Å². The average Bonchev–Trinajstić information content (AvgIpc) is 2.53. The Hall–Kier alpha value is -1.84. The standard InChI is InChI=1S/C13H14N2O2/c16-12-13(17)15-10(8-14-12)6-3-5-9-4-1-2-7-11(9)15/h1-2,4,7,10H,3,5-6,8H2,(H,14,16). The lowest BCUT2D eigenvalue weighted by Gasteiger charge is -2.34. The molecule has 4 heteroatoms. The number of hydrogen-bond donors (Lipinski definition) is 1. The van der Waals surface area contributed by atoms with Crippen molar-refractivity contribution in [1.29, 1.82) is 0 Å². The number of amides is 2. The van der Waals surface area contributed by atoms with Gasteiger partial charge in [0.1, 0.15) is 0 Å². The third-order valence-electron chi connectivity index (χ3n) is 3.51. The van der Waals surface area contributed by atoms with E-state index in [2.05, 4.69) is 5.32 Å². The Labute approximate surface area is 99.6 Å². The largest absolute Gasteiger partial charge is 0.346 e. The number of benzene rings is 1. The third-order valence-corrected chi connectivity index (χ3v) is 3.51. The number of carbonyl (C=O) groups is 2. The van der Waals surface area contributed by atoms with Crippen molar-refractivity contribution in [2.75, 3.05) is 11.4 Å². The summed E-state index contributed by atoms with van der Waals surface area (Å²) in [6.07, 6.45) is 2.98. The Kier molecular flexibility index (Phi) is 2.35. The van der Waals surface area contributed by atoms with Gasteiger partial charge in [-0.05, 0) is 30.9 Å². The maximum Gasteiger partial charge on any atom is 0.316 e. The van der Waals surface area contributed by atoms with Gasteiger partial charge in [0.05, 0.1) is 6.04 Å². The molecule has 2 amide bonds. The summed E-state index contributed by atoms with van der Waals surface area (Å²) in [5.41, 5.74) is 2.08. The predicted octanol–water partition coefficient (Wildman–Crippen LogP) is 0.854. The van der Waals surface area contributed by atoms with Crippen LogP contribution < -0.4 is 10.2 Å². The maximum atomic E-state index is 12.0. The fourth-order valence-electron chi connectivity index (χ4n) is 2.68. The van der Waals surface area contributed by atoms with Crippen LogP contribution >= 0.6 is 0 Å². The zero-order valence-corrected chi connectivity index (χ0v) is 9.48. The SMILES string of the molecule is O=C1NCC2CCCc3ccccc3N2C1=O. The second-order valence-electron chi connectivity index (χ2n) is 4.56. The molecule has 1 aromatic carbocycles. The van der Waals surface area contributed by atoms with Gasteiger partial charge >= 0.3 is 11.8 Å². The number of rotatable bonds is 0. The highest BCUT2D eigenvalue weighted by atomic mass is 16.2. The van der Waals surface area contributed by atoms with Gasteiger partial charge < -0.3 is 5.32 Å². The Bertz CT molecular complexity index is 484. The fourth-order valence-corrected chi connectivity index (χ4v) is 2.68. The molecule has 0 saturated carbocycles. The van der Waals surface area contributed by atoms with E-state index in [1.54, 1.807) is 4.90 Å². The third kappa shape index (κ3) is 1.60. The van der Waals surface area contributed by atoms with Gasteiger partial charge in [-0.15, -0.1) is 0 Å². The zero-order chi connectivity index (χ0) is 11.8. The van der Waals surface area contributed by atoms with Crippen LogP contribution in [0.1, 0.15) is 18.4 Å². The van der Waals surface area contributed by atoms with Gasteiger partial charge in [0.15, 0.2) is 0 Å².